The molecular formula is C15H19FO2. The van der Waals surface area contributed by atoms with Gasteiger partial charge in [-0.25, -0.2) is 4.39 Å². The molecule has 0 aliphatic rings. The van der Waals surface area contributed by atoms with E-state index in [4.69, 9.17) is 0 Å². The van der Waals surface area contributed by atoms with Crippen LogP contribution in [0, 0.1) is 19.8 Å². The number of ketones is 2. The highest BCUT2D eigenvalue weighted by molar-refractivity contribution is 6.13. The Morgan fingerprint density at radius 1 is 1.17 bits per heavy atom. The maximum atomic E-state index is 13.9. The fourth-order valence-corrected chi connectivity index (χ4v) is 1.84. The molecule has 1 rings (SSSR count). The summed E-state index contributed by atoms with van der Waals surface area (Å²) in [6, 6.07) is 5.14. The Balaban J connectivity index is 2.96. The van der Waals surface area contributed by atoms with E-state index < -0.39 is 23.7 Å². The molecule has 3 heteroatoms. The molecule has 0 aromatic heterocycles. The van der Waals surface area contributed by atoms with Crippen LogP contribution in [0.1, 0.15) is 41.8 Å². The van der Waals surface area contributed by atoms with Crippen molar-refractivity contribution >= 4 is 11.6 Å². The fourth-order valence-electron chi connectivity index (χ4n) is 1.84. The average molecular weight is 250 g/mol. The molecule has 2 unspecified atom stereocenters. The van der Waals surface area contributed by atoms with Crippen molar-refractivity contribution in [3.05, 3.63) is 34.9 Å². The minimum absolute atomic E-state index is 0.275. The van der Waals surface area contributed by atoms with Crippen LogP contribution in [0.4, 0.5) is 4.39 Å². The van der Waals surface area contributed by atoms with Crippen LogP contribution in [0.25, 0.3) is 0 Å². The lowest BCUT2D eigenvalue weighted by Gasteiger charge is -2.12. The van der Waals surface area contributed by atoms with Gasteiger partial charge in [0.05, 0.1) is 0 Å². The first kappa shape index (κ1) is 14.6. The van der Waals surface area contributed by atoms with Gasteiger partial charge in [-0.05, 0) is 32.4 Å². The van der Waals surface area contributed by atoms with E-state index in [1.54, 1.807) is 26.0 Å². The number of carbonyl (C=O) groups excluding carboxylic acids is 2. The highest BCUT2D eigenvalue weighted by Crippen LogP contribution is 2.16. The van der Waals surface area contributed by atoms with Gasteiger partial charge in [-0.1, -0.05) is 31.0 Å². The SMILES string of the molecule is CCC(C)C(=O)C(F)C(=O)c1cc(C)cc(C)c1. The van der Waals surface area contributed by atoms with E-state index in [0.717, 1.165) is 11.1 Å². The monoisotopic (exact) mass is 250 g/mol. The summed E-state index contributed by atoms with van der Waals surface area (Å²) in [5.74, 6) is -1.77. The Hall–Kier alpha value is -1.51. The Morgan fingerprint density at radius 2 is 1.67 bits per heavy atom. The molecule has 0 saturated carbocycles. The molecule has 1 aromatic rings. The van der Waals surface area contributed by atoms with Crippen molar-refractivity contribution in [3.63, 3.8) is 0 Å². The van der Waals surface area contributed by atoms with Crippen molar-refractivity contribution < 1.29 is 14.0 Å². The molecule has 18 heavy (non-hydrogen) atoms. The number of aryl methyl sites for hydroxylation is 2. The van der Waals surface area contributed by atoms with Crippen LogP contribution in [0.3, 0.4) is 0 Å². The van der Waals surface area contributed by atoms with Crippen molar-refractivity contribution in [2.75, 3.05) is 0 Å². The molecule has 0 N–H and O–H groups in total. The second kappa shape index (κ2) is 5.89. The van der Waals surface area contributed by atoms with E-state index in [1.807, 2.05) is 19.9 Å². The van der Waals surface area contributed by atoms with E-state index >= 15 is 0 Å². The zero-order valence-corrected chi connectivity index (χ0v) is 11.3. The molecule has 98 valence electrons. The van der Waals surface area contributed by atoms with Crippen molar-refractivity contribution in [1.82, 2.24) is 0 Å². The molecule has 0 amide bonds. The number of alkyl halides is 1. The summed E-state index contributed by atoms with van der Waals surface area (Å²) in [6.07, 6.45) is -1.50. The van der Waals surface area contributed by atoms with Crippen LogP contribution in [-0.4, -0.2) is 17.7 Å². The maximum absolute atomic E-state index is 13.9. The maximum Gasteiger partial charge on any atom is 0.221 e. The van der Waals surface area contributed by atoms with Gasteiger partial charge in [-0.3, -0.25) is 9.59 Å². The number of hydrogen-bond acceptors (Lipinski definition) is 2. The van der Waals surface area contributed by atoms with Crippen LogP contribution in [-0.2, 0) is 4.79 Å². The third-order valence-corrected chi connectivity index (χ3v) is 3.08. The van der Waals surface area contributed by atoms with Gasteiger partial charge in [0.25, 0.3) is 0 Å². The van der Waals surface area contributed by atoms with Crippen LogP contribution < -0.4 is 0 Å². The summed E-state index contributed by atoms with van der Waals surface area (Å²) in [5.41, 5.74) is 2.06. The van der Waals surface area contributed by atoms with Gasteiger partial charge in [0.15, 0.2) is 5.78 Å². The minimum Gasteiger partial charge on any atom is -0.296 e. The second-order valence-corrected chi connectivity index (χ2v) is 4.81. The third kappa shape index (κ3) is 3.25. The van der Waals surface area contributed by atoms with E-state index in [1.165, 1.54) is 0 Å². The molecule has 0 radical (unpaired) electrons. The molecule has 0 saturated heterocycles. The van der Waals surface area contributed by atoms with E-state index in [9.17, 15) is 14.0 Å². The molecular weight excluding hydrogens is 231 g/mol. The second-order valence-electron chi connectivity index (χ2n) is 4.81. The Morgan fingerprint density at radius 3 is 2.11 bits per heavy atom. The zero-order chi connectivity index (χ0) is 13.9. The van der Waals surface area contributed by atoms with Crippen molar-refractivity contribution in [3.8, 4) is 0 Å². The van der Waals surface area contributed by atoms with Gasteiger partial charge in [0, 0.05) is 11.5 Å². The van der Waals surface area contributed by atoms with Gasteiger partial charge >= 0.3 is 0 Å². The average Bonchev–Trinajstić information content (AvgIpc) is 2.33. The van der Waals surface area contributed by atoms with E-state index in [2.05, 4.69) is 0 Å². The van der Waals surface area contributed by atoms with Crippen LogP contribution in [0.5, 0.6) is 0 Å². The zero-order valence-electron chi connectivity index (χ0n) is 11.3. The van der Waals surface area contributed by atoms with Crippen molar-refractivity contribution in [2.45, 2.75) is 40.3 Å². The molecule has 0 fully saturated rings. The van der Waals surface area contributed by atoms with Crippen LogP contribution in [0.15, 0.2) is 18.2 Å². The molecule has 0 spiro atoms. The van der Waals surface area contributed by atoms with Gasteiger partial charge in [-0.15, -0.1) is 0 Å². The number of rotatable bonds is 5. The molecule has 1 aromatic carbocycles. The molecule has 2 atom stereocenters. The lowest BCUT2D eigenvalue weighted by molar-refractivity contribution is -0.125. The van der Waals surface area contributed by atoms with Crippen molar-refractivity contribution in [1.29, 1.82) is 0 Å². The normalized spacial score (nSPS) is 14.1. The van der Waals surface area contributed by atoms with E-state index in [0.29, 0.717) is 6.42 Å². The first-order valence-corrected chi connectivity index (χ1v) is 6.17. The quantitative estimate of drug-likeness (QED) is 0.592. The lowest BCUT2D eigenvalue weighted by Crippen LogP contribution is -2.30. The minimum atomic E-state index is -2.04. The number of carbonyl (C=O) groups is 2. The molecule has 2 nitrogen and oxygen atoms in total. The number of Topliss-reactive ketones (excluding diaryl/α,β-unsaturated/α-hetero) is 2. The summed E-state index contributed by atoms with van der Waals surface area (Å²) < 4.78 is 13.9. The highest BCUT2D eigenvalue weighted by atomic mass is 19.1. The third-order valence-electron chi connectivity index (χ3n) is 3.08. The topological polar surface area (TPSA) is 34.1 Å². The predicted molar refractivity (Wildman–Crippen MR) is 69.6 cm³/mol. The smallest absolute Gasteiger partial charge is 0.221 e. The van der Waals surface area contributed by atoms with E-state index in [-0.39, 0.29) is 5.56 Å². The molecule has 0 aliphatic heterocycles. The molecule has 0 bridgehead atoms. The number of halogens is 1. The predicted octanol–water partition coefficient (Wildman–Crippen LogP) is 3.44. The van der Waals surface area contributed by atoms with Crippen molar-refractivity contribution in [2.24, 2.45) is 5.92 Å². The Labute approximate surface area is 107 Å². The summed E-state index contributed by atoms with van der Waals surface area (Å²) in [5, 5.41) is 0. The fraction of sp³-hybridized carbons (Fsp3) is 0.467. The van der Waals surface area contributed by atoms with Gasteiger partial charge in [0.2, 0.25) is 12.0 Å². The van der Waals surface area contributed by atoms with Gasteiger partial charge < -0.3 is 0 Å². The highest BCUT2D eigenvalue weighted by Gasteiger charge is 2.30. The van der Waals surface area contributed by atoms with Gasteiger partial charge in [0.1, 0.15) is 0 Å². The molecule has 0 aliphatic carbocycles. The lowest BCUT2D eigenvalue weighted by atomic mass is 9.94. The van der Waals surface area contributed by atoms with Crippen LogP contribution in [0.2, 0.25) is 0 Å². The number of benzene rings is 1. The summed E-state index contributed by atoms with van der Waals surface area (Å²) in [6.45, 7) is 7.13. The summed E-state index contributed by atoms with van der Waals surface area (Å²) in [7, 11) is 0. The first-order valence-electron chi connectivity index (χ1n) is 6.17. The molecule has 0 heterocycles. The summed E-state index contributed by atoms with van der Waals surface area (Å²) in [4.78, 5) is 23.6. The summed E-state index contributed by atoms with van der Waals surface area (Å²) >= 11 is 0. The Bertz CT molecular complexity index is 445. The first-order chi connectivity index (χ1) is 8.36. The largest absolute Gasteiger partial charge is 0.296 e. The Kier molecular flexibility index (Phi) is 4.76. The van der Waals surface area contributed by atoms with Gasteiger partial charge in [-0.2, -0.15) is 0 Å². The van der Waals surface area contributed by atoms with Crippen LogP contribution >= 0.6 is 0 Å². The number of hydrogen-bond donors (Lipinski definition) is 0. The standard InChI is InChI=1S/C15H19FO2/c1-5-11(4)14(17)13(16)15(18)12-7-9(2)6-10(3)8-12/h6-8,11,13H,5H2,1-4H3.